The van der Waals surface area contributed by atoms with Crippen LogP contribution in [0.3, 0.4) is 0 Å². The Hall–Kier alpha value is -3.56. The molecule has 2 amide bonds. The second kappa shape index (κ2) is 10.8. The molecule has 9 nitrogen and oxygen atoms in total. The third kappa shape index (κ3) is 5.41. The van der Waals surface area contributed by atoms with E-state index in [0.717, 1.165) is 32.7 Å². The van der Waals surface area contributed by atoms with E-state index >= 15 is 0 Å². The van der Waals surface area contributed by atoms with Gasteiger partial charge in [-0.25, -0.2) is 9.69 Å². The van der Waals surface area contributed by atoms with Crippen molar-refractivity contribution in [3.63, 3.8) is 0 Å². The highest BCUT2D eigenvalue weighted by Crippen LogP contribution is 2.27. The molecule has 0 aliphatic carbocycles. The number of amides is 2. The Balaban J connectivity index is 1.35. The van der Waals surface area contributed by atoms with Gasteiger partial charge in [0.25, 0.3) is 5.91 Å². The van der Waals surface area contributed by atoms with Crippen LogP contribution in [-0.4, -0.2) is 85.8 Å². The van der Waals surface area contributed by atoms with Crippen molar-refractivity contribution in [2.24, 2.45) is 0 Å². The highest BCUT2D eigenvalue weighted by molar-refractivity contribution is 6.22. The summed E-state index contributed by atoms with van der Waals surface area (Å²) in [6.45, 7) is 5.94. The Morgan fingerprint density at radius 1 is 0.971 bits per heavy atom. The lowest BCUT2D eigenvalue weighted by Gasteiger charge is -2.36. The molecule has 2 aliphatic heterocycles. The summed E-state index contributed by atoms with van der Waals surface area (Å²) >= 11 is 0. The first kappa shape index (κ1) is 24.6. The summed E-state index contributed by atoms with van der Waals surface area (Å²) in [5, 5.41) is 0. The molecular weight excluding hydrogens is 450 g/mol. The molecular formula is C26H29N3O6. The van der Waals surface area contributed by atoms with E-state index in [9.17, 15) is 19.2 Å². The van der Waals surface area contributed by atoms with E-state index < -0.39 is 18.6 Å². The van der Waals surface area contributed by atoms with Crippen LogP contribution in [0.15, 0.2) is 48.5 Å². The predicted octanol–water partition coefficient (Wildman–Crippen LogP) is 2.00. The van der Waals surface area contributed by atoms with E-state index in [0.29, 0.717) is 17.0 Å². The molecule has 2 aromatic carbocycles. The molecule has 0 spiro atoms. The molecule has 2 heterocycles. The number of Topliss-reactive ketones (excluding diaryl/α,β-unsaturated/α-hetero) is 1. The molecule has 0 saturated carbocycles. The number of imide groups is 1. The predicted molar refractivity (Wildman–Crippen MR) is 129 cm³/mol. The fourth-order valence-electron chi connectivity index (χ4n) is 4.40. The Bertz CT molecular complexity index is 1110. The number of ether oxygens (including phenoxy) is 2. The Kier molecular flexibility index (Phi) is 7.57. The third-order valence-electron chi connectivity index (χ3n) is 6.50. The lowest BCUT2D eigenvalue weighted by molar-refractivity contribution is -0.123. The second-order valence-electron chi connectivity index (χ2n) is 8.54. The van der Waals surface area contributed by atoms with Gasteiger partial charge in [-0.15, -0.1) is 0 Å². The quantitative estimate of drug-likeness (QED) is 0.322. The Morgan fingerprint density at radius 3 is 2.34 bits per heavy atom. The summed E-state index contributed by atoms with van der Waals surface area (Å²) in [5.74, 6) is -0.975. The minimum absolute atomic E-state index is 0.154. The summed E-state index contributed by atoms with van der Waals surface area (Å²) < 4.78 is 10.3. The largest absolute Gasteiger partial charge is 0.497 e. The maximum atomic E-state index is 13.1. The van der Waals surface area contributed by atoms with Gasteiger partial charge in [-0.1, -0.05) is 19.1 Å². The third-order valence-corrected chi connectivity index (χ3v) is 6.50. The number of esters is 1. The minimum atomic E-state index is -0.668. The zero-order valence-electron chi connectivity index (χ0n) is 19.9. The normalized spacial score (nSPS) is 19.1. The van der Waals surface area contributed by atoms with Gasteiger partial charge in [0.15, 0.2) is 12.4 Å². The van der Waals surface area contributed by atoms with Gasteiger partial charge in [0, 0.05) is 31.7 Å². The highest BCUT2D eigenvalue weighted by Gasteiger charge is 2.43. The zero-order valence-corrected chi connectivity index (χ0v) is 19.9. The number of hydrogen-bond donors (Lipinski definition) is 0. The topological polar surface area (TPSA) is 96.5 Å². The molecule has 35 heavy (non-hydrogen) atoms. The molecule has 2 fully saturated rings. The maximum Gasteiger partial charge on any atom is 0.338 e. The number of carbonyl (C=O) groups is 4. The van der Waals surface area contributed by atoms with E-state index in [4.69, 9.17) is 9.47 Å². The molecule has 1 unspecified atom stereocenters. The molecule has 0 aromatic heterocycles. The van der Waals surface area contributed by atoms with Gasteiger partial charge < -0.3 is 14.4 Å². The molecule has 1 atom stereocenters. The fraction of sp³-hybridized carbons (Fsp3) is 0.385. The van der Waals surface area contributed by atoms with E-state index in [1.807, 2.05) is 0 Å². The van der Waals surface area contributed by atoms with Crippen molar-refractivity contribution in [3.05, 3.63) is 59.7 Å². The van der Waals surface area contributed by atoms with Gasteiger partial charge in [-0.2, -0.15) is 0 Å². The zero-order chi connectivity index (χ0) is 24.9. The second-order valence-corrected chi connectivity index (χ2v) is 8.54. The molecule has 184 valence electrons. The average Bonchev–Trinajstić information content (AvgIpc) is 3.20. The van der Waals surface area contributed by atoms with Crippen molar-refractivity contribution >= 4 is 29.3 Å². The van der Waals surface area contributed by atoms with Crippen LogP contribution in [0.4, 0.5) is 5.69 Å². The standard InChI is InChI=1S/C26H29N3O6/c1-3-27-11-13-28(14-12-27)22-16-24(31)29(25(22)32)20-9-7-18(8-10-20)26(33)35-17-23(30)19-5-4-6-21(15-19)34-2/h4-10,15,22H,3,11-14,16-17H2,1-2H3. The number of likely N-dealkylation sites (N-methyl/N-ethyl adjacent to an activating group) is 1. The molecule has 2 aliphatic rings. The summed E-state index contributed by atoms with van der Waals surface area (Å²) in [7, 11) is 1.50. The monoisotopic (exact) mass is 479 g/mol. The van der Waals surface area contributed by atoms with Crippen LogP contribution in [0.25, 0.3) is 0 Å². The number of rotatable bonds is 8. The lowest BCUT2D eigenvalue weighted by atomic mass is 10.1. The van der Waals surface area contributed by atoms with Crippen molar-refractivity contribution < 1.29 is 28.7 Å². The van der Waals surface area contributed by atoms with Crippen LogP contribution >= 0.6 is 0 Å². The average molecular weight is 480 g/mol. The van der Waals surface area contributed by atoms with E-state index in [1.165, 1.54) is 24.1 Å². The van der Waals surface area contributed by atoms with E-state index in [1.54, 1.807) is 36.4 Å². The van der Waals surface area contributed by atoms with Crippen molar-refractivity contribution in [2.45, 2.75) is 19.4 Å². The smallest absolute Gasteiger partial charge is 0.338 e. The first-order valence-electron chi connectivity index (χ1n) is 11.7. The number of piperazine rings is 1. The van der Waals surface area contributed by atoms with Crippen LogP contribution in [0, 0.1) is 0 Å². The summed E-state index contributed by atoms with van der Waals surface area (Å²) in [6.07, 6.45) is 0.154. The van der Waals surface area contributed by atoms with Crippen LogP contribution in [0.2, 0.25) is 0 Å². The van der Waals surface area contributed by atoms with Crippen LogP contribution in [0.5, 0.6) is 5.75 Å². The van der Waals surface area contributed by atoms with Crippen molar-refractivity contribution in [1.29, 1.82) is 0 Å². The number of methoxy groups -OCH3 is 1. The van der Waals surface area contributed by atoms with Crippen molar-refractivity contribution in [3.8, 4) is 5.75 Å². The molecule has 9 heteroatoms. The lowest BCUT2D eigenvalue weighted by Crippen LogP contribution is -2.52. The van der Waals surface area contributed by atoms with Crippen molar-refractivity contribution in [2.75, 3.05) is 51.3 Å². The summed E-state index contributed by atoms with van der Waals surface area (Å²) in [6, 6.07) is 12.2. The molecule has 2 aromatic rings. The molecule has 0 radical (unpaired) electrons. The van der Waals surface area contributed by atoms with Crippen LogP contribution in [-0.2, 0) is 14.3 Å². The van der Waals surface area contributed by atoms with Gasteiger partial charge in [0.2, 0.25) is 5.91 Å². The number of benzene rings is 2. The highest BCUT2D eigenvalue weighted by atomic mass is 16.5. The minimum Gasteiger partial charge on any atom is -0.497 e. The molecule has 2 saturated heterocycles. The van der Waals surface area contributed by atoms with Gasteiger partial charge in [0.1, 0.15) is 5.75 Å². The molecule has 4 rings (SSSR count). The number of anilines is 1. The SMILES string of the molecule is CCN1CCN(C2CC(=O)N(c3ccc(C(=O)OCC(=O)c4cccc(OC)c4)cc3)C2=O)CC1. The maximum absolute atomic E-state index is 13.1. The number of hydrogen-bond acceptors (Lipinski definition) is 8. The van der Waals surface area contributed by atoms with Gasteiger partial charge in [-0.05, 0) is 42.9 Å². The summed E-state index contributed by atoms with van der Waals surface area (Å²) in [5.41, 5.74) is 1.02. The number of nitrogens with zero attached hydrogens (tertiary/aromatic N) is 3. The number of ketones is 1. The molecule has 0 bridgehead atoms. The molecule has 0 N–H and O–H groups in total. The fourth-order valence-corrected chi connectivity index (χ4v) is 4.40. The first-order chi connectivity index (χ1) is 16.9. The van der Waals surface area contributed by atoms with Gasteiger partial charge in [-0.3, -0.25) is 19.3 Å². The van der Waals surface area contributed by atoms with Gasteiger partial charge in [0.05, 0.1) is 30.8 Å². The van der Waals surface area contributed by atoms with Crippen LogP contribution in [0.1, 0.15) is 34.1 Å². The van der Waals surface area contributed by atoms with Gasteiger partial charge >= 0.3 is 5.97 Å². The van der Waals surface area contributed by atoms with E-state index in [-0.39, 0.29) is 29.6 Å². The Morgan fingerprint density at radius 2 is 1.69 bits per heavy atom. The Labute approximate surface area is 204 Å². The summed E-state index contributed by atoms with van der Waals surface area (Å²) in [4.78, 5) is 56.1. The van der Waals surface area contributed by atoms with Crippen LogP contribution < -0.4 is 9.64 Å². The first-order valence-corrected chi connectivity index (χ1v) is 11.7. The van der Waals surface area contributed by atoms with E-state index in [2.05, 4.69) is 16.7 Å². The number of carbonyl (C=O) groups excluding carboxylic acids is 4. The van der Waals surface area contributed by atoms with Crippen molar-refractivity contribution in [1.82, 2.24) is 9.80 Å².